The summed E-state index contributed by atoms with van der Waals surface area (Å²) in [6, 6.07) is 0. The summed E-state index contributed by atoms with van der Waals surface area (Å²) >= 11 is 0. The van der Waals surface area contributed by atoms with Gasteiger partial charge in [-0.05, 0) is 39.3 Å². The number of fused-ring (bicyclic) bond motifs is 1. The molecule has 1 heterocycles. The molecular weight excluding hydrogens is 268 g/mol. The molecule has 0 unspecified atom stereocenters. The van der Waals surface area contributed by atoms with Gasteiger partial charge in [-0.25, -0.2) is 0 Å². The van der Waals surface area contributed by atoms with E-state index in [2.05, 4.69) is 0 Å². The van der Waals surface area contributed by atoms with Crippen molar-refractivity contribution in [3.8, 4) is 17.2 Å². The van der Waals surface area contributed by atoms with Crippen molar-refractivity contribution < 1.29 is 19.7 Å². The SMILES string of the molecule is CC[C@@H](C)C(=O)c1c(O)c(C)c(O)c2c1OC(C)(C)C=C2. The van der Waals surface area contributed by atoms with Crippen LogP contribution in [0.3, 0.4) is 0 Å². The summed E-state index contributed by atoms with van der Waals surface area (Å²) in [5, 5.41) is 20.5. The minimum absolute atomic E-state index is 0.0463. The maximum atomic E-state index is 12.6. The summed E-state index contributed by atoms with van der Waals surface area (Å²) in [4.78, 5) is 12.6. The Labute approximate surface area is 125 Å². The van der Waals surface area contributed by atoms with Crippen molar-refractivity contribution in [2.75, 3.05) is 0 Å². The molecule has 0 amide bonds. The fourth-order valence-electron chi connectivity index (χ4n) is 2.35. The van der Waals surface area contributed by atoms with Crippen LogP contribution in [0.5, 0.6) is 17.2 Å². The zero-order valence-corrected chi connectivity index (χ0v) is 13.2. The minimum atomic E-state index is -0.592. The topological polar surface area (TPSA) is 66.8 Å². The van der Waals surface area contributed by atoms with Gasteiger partial charge in [-0.1, -0.05) is 13.8 Å². The molecule has 1 aromatic rings. The van der Waals surface area contributed by atoms with E-state index in [1.165, 1.54) is 0 Å². The Balaban J connectivity index is 2.74. The van der Waals surface area contributed by atoms with Gasteiger partial charge in [0.25, 0.3) is 0 Å². The molecule has 2 N–H and O–H groups in total. The number of carbonyl (C=O) groups is 1. The van der Waals surface area contributed by atoms with Crippen LogP contribution in [0, 0.1) is 12.8 Å². The molecule has 1 atom stereocenters. The fourth-order valence-corrected chi connectivity index (χ4v) is 2.35. The van der Waals surface area contributed by atoms with E-state index < -0.39 is 5.60 Å². The Morgan fingerprint density at radius 1 is 1.33 bits per heavy atom. The molecule has 21 heavy (non-hydrogen) atoms. The van der Waals surface area contributed by atoms with Crippen molar-refractivity contribution in [1.29, 1.82) is 0 Å². The number of Topliss-reactive ketones (excluding diaryl/α,β-unsaturated/α-hetero) is 1. The second kappa shape index (κ2) is 5.10. The number of benzene rings is 1. The van der Waals surface area contributed by atoms with Crippen LogP contribution < -0.4 is 4.74 Å². The highest BCUT2D eigenvalue weighted by Gasteiger charge is 2.33. The molecule has 0 radical (unpaired) electrons. The number of carbonyl (C=O) groups excluding carboxylic acids is 1. The highest BCUT2D eigenvalue weighted by molar-refractivity contribution is 6.05. The van der Waals surface area contributed by atoms with E-state index in [1.807, 2.05) is 33.8 Å². The lowest BCUT2D eigenvalue weighted by Gasteiger charge is -2.31. The van der Waals surface area contributed by atoms with Crippen molar-refractivity contribution in [3.05, 3.63) is 22.8 Å². The maximum Gasteiger partial charge on any atom is 0.173 e. The van der Waals surface area contributed by atoms with Crippen molar-refractivity contribution in [2.45, 2.75) is 46.6 Å². The number of rotatable bonds is 3. The number of aromatic hydroxyl groups is 2. The zero-order chi connectivity index (χ0) is 15.9. The van der Waals surface area contributed by atoms with E-state index in [4.69, 9.17) is 4.74 Å². The van der Waals surface area contributed by atoms with Gasteiger partial charge >= 0.3 is 0 Å². The molecule has 4 nitrogen and oxygen atoms in total. The third kappa shape index (κ3) is 2.50. The lowest BCUT2D eigenvalue weighted by atomic mass is 9.89. The molecule has 1 aliphatic heterocycles. The van der Waals surface area contributed by atoms with Gasteiger partial charge in [0.1, 0.15) is 28.4 Å². The van der Waals surface area contributed by atoms with Crippen LogP contribution in [0.2, 0.25) is 0 Å². The van der Waals surface area contributed by atoms with Crippen LogP contribution in [0.25, 0.3) is 6.08 Å². The van der Waals surface area contributed by atoms with Crippen molar-refractivity contribution in [2.24, 2.45) is 5.92 Å². The van der Waals surface area contributed by atoms with E-state index >= 15 is 0 Å². The summed E-state index contributed by atoms with van der Waals surface area (Å²) in [5.41, 5.74) is 0.336. The van der Waals surface area contributed by atoms with E-state index in [9.17, 15) is 15.0 Å². The van der Waals surface area contributed by atoms with Gasteiger partial charge in [-0.2, -0.15) is 0 Å². The Morgan fingerprint density at radius 3 is 2.52 bits per heavy atom. The molecule has 1 aromatic carbocycles. The van der Waals surface area contributed by atoms with Crippen LogP contribution in [0.15, 0.2) is 6.08 Å². The molecule has 1 aliphatic rings. The Kier molecular flexibility index (Phi) is 3.74. The van der Waals surface area contributed by atoms with Crippen molar-refractivity contribution in [1.82, 2.24) is 0 Å². The molecule has 114 valence electrons. The molecular formula is C17H22O4. The predicted molar refractivity (Wildman–Crippen MR) is 82.0 cm³/mol. The lowest BCUT2D eigenvalue weighted by Crippen LogP contribution is -2.29. The first-order valence-corrected chi connectivity index (χ1v) is 7.20. The monoisotopic (exact) mass is 290 g/mol. The molecule has 0 aromatic heterocycles. The normalized spacial score (nSPS) is 17.0. The third-order valence-electron chi connectivity index (χ3n) is 4.00. The summed E-state index contributed by atoms with van der Waals surface area (Å²) in [7, 11) is 0. The molecule has 0 saturated heterocycles. The average molecular weight is 290 g/mol. The smallest absolute Gasteiger partial charge is 0.173 e. The number of hydrogen-bond acceptors (Lipinski definition) is 4. The quantitative estimate of drug-likeness (QED) is 0.830. The van der Waals surface area contributed by atoms with Crippen molar-refractivity contribution >= 4 is 11.9 Å². The molecule has 2 rings (SSSR count). The largest absolute Gasteiger partial charge is 0.507 e. The third-order valence-corrected chi connectivity index (χ3v) is 4.00. The summed E-state index contributed by atoms with van der Waals surface area (Å²) in [6.07, 6.45) is 4.24. The first-order chi connectivity index (χ1) is 9.69. The highest BCUT2D eigenvalue weighted by atomic mass is 16.5. The fraction of sp³-hybridized carbons (Fsp3) is 0.471. The van der Waals surface area contributed by atoms with Crippen LogP contribution in [-0.4, -0.2) is 21.6 Å². The number of ketones is 1. The summed E-state index contributed by atoms with van der Waals surface area (Å²) in [6.45, 7) is 9.05. The molecule has 4 heteroatoms. The molecule has 0 fully saturated rings. The zero-order valence-electron chi connectivity index (χ0n) is 13.2. The first kappa shape index (κ1) is 15.4. The lowest BCUT2D eigenvalue weighted by molar-refractivity contribution is 0.0910. The second-order valence-electron chi connectivity index (χ2n) is 6.15. The average Bonchev–Trinajstić information content (AvgIpc) is 2.43. The summed E-state index contributed by atoms with van der Waals surface area (Å²) < 4.78 is 5.86. The van der Waals surface area contributed by atoms with Gasteiger partial charge < -0.3 is 14.9 Å². The number of phenolic OH excluding ortho intramolecular Hbond substituents is 2. The number of hydrogen-bond donors (Lipinski definition) is 2. The molecule has 0 spiro atoms. The van der Waals surface area contributed by atoms with Crippen LogP contribution in [0.1, 0.15) is 55.6 Å². The summed E-state index contributed by atoms with van der Waals surface area (Å²) in [5.74, 6) is -0.354. The van der Waals surface area contributed by atoms with Gasteiger partial charge in [0.15, 0.2) is 5.78 Å². The van der Waals surface area contributed by atoms with Gasteiger partial charge in [-0.3, -0.25) is 4.79 Å². The van der Waals surface area contributed by atoms with Crippen molar-refractivity contribution in [3.63, 3.8) is 0 Å². The van der Waals surface area contributed by atoms with Crippen LogP contribution >= 0.6 is 0 Å². The number of ether oxygens (including phenoxy) is 1. The second-order valence-corrected chi connectivity index (χ2v) is 6.15. The highest BCUT2D eigenvalue weighted by Crippen LogP contribution is 2.47. The van der Waals surface area contributed by atoms with E-state index in [0.717, 1.165) is 0 Å². The van der Waals surface area contributed by atoms with E-state index in [1.54, 1.807) is 13.0 Å². The minimum Gasteiger partial charge on any atom is -0.507 e. The Morgan fingerprint density at radius 2 is 1.95 bits per heavy atom. The van der Waals surface area contributed by atoms with Crippen LogP contribution in [-0.2, 0) is 0 Å². The van der Waals surface area contributed by atoms with Gasteiger partial charge in [0.2, 0.25) is 0 Å². The standard InChI is InChI=1S/C17H22O4/c1-6-9(2)13(18)12-15(20)10(3)14(19)11-7-8-17(4,5)21-16(11)12/h7-9,19-20H,6H2,1-5H3/t9-/m1/s1. The number of phenols is 2. The predicted octanol–water partition coefficient (Wildman–Crippen LogP) is 3.82. The molecule has 0 aliphatic carbocycles. The van der Waals surface area contributed by atoms with E-state index in [-0.39, 0.29) is 34.5 Å². The van der Waals surface area contributed by atoms with Gasteiger partial charge in [0.05, 0.1) is 5.56 Å². The Bertz CT molecular complexity index is 626. The first-order valence-electron chi connectivity index (χ1n) is 7.20. The maximum absolute atomic E-state index is 12.6. The molecule has 0 bridgehead atoms. The van der Waals surface area contributed by atoms with Gasteiger partial charge in [-0.15, -0.1) is 0 Å². The van der Waals surface area contributed by atoms with Gasteiger partial charge in [0, 0.05) is 11.5 Å². The van der Waals surface area contributed by atoms with Crippen LogP contribution in [0.4, 0.5) is 0 Å². The molecule has 0 saturated carbocycles. The Hall–Kier alpha value is -1.97. The van der Waals surface area contributed by atoms with E-state index in [0.29, 0.717) is 17.5 Å².